The lowest BCUT2D eigenvalue weighted by molar-refractivity contribution is -0.213. The SMILES string of the molecule is CCOC(=O)/C=C\C1O[C@@H]2OC(C)(C)O[C@@H]2[C@H]1OCc1ccccc1. The van der Waals surface area contributed by atoms with Crippen LogP contribution < -0.4 is 0 Å². The fraction of sp³-hybridized carbons (Fsp3) is 0.526. The zero-order valence-corrected chi connectivity index (χ0v) is 14.7. The van der Waals surface area contributed by atoms with Crippen LogP contribution in [0.2, 0.25) is 0 Å². The van der Waals surface area contributed by atoms with Crippen molar-refractivity contribution in [3.8, 4) is 0 Å². The van der Waals surface area contributed by atoms with Crippen LogP contribution in [0.1, 0.15) is 26.3 Å². The first-order valence-corrected chi connectivity index (χ1v) is 8.50. The van der Waals surface area contributed by atoms with Crippen LogP contribution in [0.25, 0.3) is 0 Å². The van der Waals surface area contributed by atoms with Gasteiger partial charge in [-0.25, -0.2) is 4.79 Å². The lowest BCUT2D eigenvalue weighted by Crippen LogP contribution is -2.36. The van der Waals surface area contributed by atoms with Crippen molar-refractivity contribution in [3.05, 3.63) is 48.0 Å². The summed E-state index contributed by atoms with van der Waals surface area (Å²) < 4.78 is 28.6. The zero-order chi connectivity index (χ0) is 17.9. The molecular formula is C19H24O6. The van der Waals surface area contributed by atoms with Crippen molar-refractivity contribution in [2.75, 3.05) is 6.61 Å². The van der Waals surface area contributed by atoms with Gasteiger partial charge in [-0.15, -0.1) is 0 Å². The minimum Gasteiger partial charge on any atom is -0.463 e. The Morgan fingerprint density at radius 1 is 1.24 bits per heavy atom. The van der Waals surface area contributed by atoms with Gasteiger partial charge in [0.25, 0.3) is 0 Å². The van der Waals surface area contributed by atoms with Gasteiger partial charge in [0.2, 0.25) is 0 Å². The van der Waals surface area contributed by atoms with Gasteiger partial charge in [-0.1, -0.05) is 30.3 Å². The van der Waals surface area contributed by atoms with E-state index < -0.39 is 24.2 Å². The summed E-state index contributed by atoms with van der Waals surface area (Å²) in [6.07, 6.45) is 1.31. The third kappa shape index (κ3) is 4.46. The maximum atomic E-state index is 11.6. The molecule has 0 N–H and O–H groups in total. The van der Waals surface area contributed by atoms with Crippen LogP contribution in [0.15, 0.2) is 42.5 Å². The standard InChI is InChI=1S/C19H24O6/c1-4-21-15(20)11-10-14-16(22-12-13-8-6-5-7-9-13)17-18(23-14)25-19(2,3)24-17/h5-11,14,16-18H,4,12H2,1-3H3/b11-10-/t14?,16-,17+,18+/m0/s1. The highest BCUT2D eigenvalue weighted by Gasteiger charge is 2.54. The molecule has 1 unspecified atom stereocenters. The lowest BCUT2D eigenvalue weighted by Gasteiger charge is -2.24. The minimum absolute atomic E-state index is 0.328. The average Bonchev–Trinajstić information content (AvgIpc) is 3.03. The van der Waals surface area contributed by atoms with Gasteiger partial charge in [0, 0.05) is 6.08 Å². The molecule has 6 nitrogen and oxygen atoms in total. The molecule has 0 saturated carbocycles. The molecule has 2 aliphatic rings. The number of benzene rings is 1. The molecule has 0 amide bonds. The molecule has 136 valence electrons. The molecule has 2 saturated heterocycles. The van der Waals surface area contributed by atoms with Crippen LogP contribution in [0, 0.1) is 0 Å². The van der Waals surface area contributed by atoms with E-state index in [1.54, 1.807) is 13.0 Å². The van der Waals surface area contributed by atoms with Crippen LogP contribution in [0.4, 0.5) is 0 Å². The summed E-state index contributed by atoms with van der Waals surface area (Å²) >= 11 is 0. The Bertz CT molecular complexity index is 612. The van der Waals surface area contributed by atoms with Crippen LogP contribution in [-0.4, -0.2) is 43.0 Å². The van der Waals surface area contributed by atoms with Crippen molar-refractivity contribution in [3.63, 3.8) is 0 Å². The van der Waals surface area contributed by atoms with E-state index in [-0.39, 0.29) is 12.2 Å². The molecule has 2 fully saturated rings. The second-order valence-corrected chi connectivity index (χ2v) is 6.44. The molecule has 0 radical (unpaired) electrons. The highest BCUT2D eigenvalue weighted by atomic mass is 16.8. The van der Waals surface area contributed by atoms with Crippen molar-refractivity contribution in [1.82, 2.24) is 0 Å². The summed E-state index contributed by atoms with van der Waals surface area (Å²) in [5.74, 6) is -1.13. The number of hydrogen-bond acceptors (Lipinski definition) is 6. The van der Waals surface area contributed by atoms with Crippen LogP contribution in [0.3, 0.4) is 0 Å². The molecular weight excluding hydrogens is 324 g/mol. The molecule has 2 aliphatic heterocycles. The van der Waals surface area contributed by atoms with Gasteiger partial charge >= 0.3 is 5.97 Å². The molecule has 2 heterocycles. The maximum Gasteiger partial charge on any atom is 0.330 e. The Balaban J connectivity index is 1.69. The second kappa shape index (κ2) is 7.66. The highest BCUT2D eigenvalue weighted by molar-refractivity contribution is 5.81. The number of rotatable bonds is 6. The Hall–Kier alpha value is -1.73. The number of ether oxygens (including phenoxy) is 5. The predicted molar refractivity (Wildman–Crippen MR) is 89.5 cm³/mol. The molecule has 6 heteroatoms. The molecule has 1 aromatic rings. The molecule has 4 atom stereocenters. The number of carbonyl (C=O) groups is 1. The normalized spacial score (nSPS) is 30.5. The Morgan fingerprint density at radius 2 is 2.00 bits per heavy atom. The number of fused-ring (bicyclic) bond motifs is 1. The van der Waals surface area contributed by atoms with Gasteiger partial charge in [-0.2, -0.15) is 0 Å². The van der Waals surface area contributed by atoms with Gasteiger partial charge in [0.05, 0.1) is 13.2 Å². The summed E-state index contributed by atoms with van der Waals surface area (Å²) in [5, 5.41) is 0. The van der Waals surface area contributed by atoms with E-state index in [0.29, 0.717) is 13.2 Å². The monoisotopic (exact) mass is 348 g/mol. The molecule has 0 aromatic heterocycles. The van der Waals surface area contributed by atoms with Gasteiger partial charge in [0.1, 0.15) is 18.3 Å². The van der Waals surface area contributed by atoms with E-state index in [4.69, 9.17) is 23.7 Å². The Kier molecular flexibility index (Phi) is 5.54. The molecule has 0 aliphatic carbocycles. The smallest absolute Gasteiger partial charge is 0.330 e. The maximum absolute atomic E-state index is 11.6. The van der Waals surface area contributed by atoms with E-state index >= 15 is 0 Å². The average molecular weight is 348 g/mol. The molecule has 25 heavy (non-hydrogen) atoms. The van der Waals surface area contributed by atoms with E-state index in [2.05, 4.69) is 0 Å². The van der Waals surface area contributed by atoms with Crippen molar-refractivity contribution < 1.29 is 28.5 Å². The third-order valence-electron chi connectivity index (χ3n) is 4.02. The van der Waals surface area contributed by atoms with Gasteiger partial charge in [0.15, 0.2) is 12.1 Å². The van der Waals surface area contributed by atoms with Gasteiger partial charge < -0.3 is 23.7 Å². The first-order valence-electron chi connectivity index (χ1n) is 8.50. The summed E-state index contributed by atoms with van der Waals surface area (Å²) in [6.45, 7) is 6.19. The van der Waals surface area contributed by atoms with Crippen molar-refractivity contribution in [2.45, 2.75) is 57.8 Å². The fourth-order valence-electron chi connectivity index (χ4n) is 2.98. The number of hydrogen-bond donors (Lipinski definition) is 0. The minimum atomic E-state index is -0.723. The lowest BCUT2D eigenvalue weighted by atomic mass is 10.1. The topological polar surface area (TPSA) is 63.2 Å². The van der Waals surface area contributed by atoms with E-state index in [9.17, 15) is 4.79 Å². The van der Waals surface area contributed by atoms with E-state index in [0.717, 1.165) is 5.56 Å². The van der Waals surface area contributed by atoms with Crippen LogP contribution in [0.5, 0.6) is 0 Å². The van der Waals surface area contributed by atoms with E-state index in [1.807, 2.05) is 44.2 Å². The molecule has 0 spiro atoms. The largest absolute Gasteiger partial charge is 0.463 e. The number of carbonyl (C=O) groups excluding carboxylic acids is 1. The summed E-state index contributed by atoms with van der Waals surface area (Å²) in [6, 6.07) is 9.87. The van der Waals surface area contributed by atoms with Crippen molar-refractivity contribution >= 4 is 5.97 Å². The molecule has 1 aromatic carbocycles. The first-order chi connectivity index (χ1) is 12.0. The third-order valence-corrected chi connectivity index (χ3v) is 4.02. The predicted octanol–water partition coefficient (Wildman–Crippen LogP) is 2.57. The van der Waals surface area contributed by atoms with Crippen LogP contribution >= 0.6 is 0 Å². The highest BCUT2D eigenvalue weighted by Crippen LogP contribution is 2.39. The van der Waals surface area contributed by atoms with Gasteiger partial charge in [-0.05, 0) is 32.4 Å². The fourth-order valence-corrected chi connectivity index (χ4v) is 2.98. The summed E-state index contributed by atoms with van der Waals surface area (Å²) in [5.41, 5.74) is 1.05. The zero-order valence-electron chi connectivity index (χ0n) is 14.7. The quantitative estimate of drug-likeness (QED) is 0.582. The molecule has 0 bridgehead atoms. The van der Waals surface area contributed by atoms with Crippen molar-refractivity contribution in [2.24, 2.45) is 0 Å². The van der Waals surface area contributed by atoms with Crippen molar-refractivity contribution in [1.29, 1.82) is 0 Å². The summed E-state index contributed by atoms with van der Waals surface area (Å²) in [7, 11) is 0. The number of esters is 1. The summed E-state index contributed by atoms with van der Waals surface area (Å²) in [4.78, 5) is 11.6. The van der Waals surface area contributed by atoms with Gasteiger partial charge in [-0.3, -0.25) is 0 Å². The Morgan fingerprint density at radius 3 is 2.72 bits per heavy atom. The molecule has 3 rings (SSSR count). The van der Waals surface area contributed by atoms with E-state index in [1.165, 1.54) is 6.08 Å². The Labute approximate surface area is 147 Å². The second-order valence-electron chi connectivity index (χ2n) is 6.44. The first kappa shape index (κ1) is 18.1. The van der Waals surface area contributed by atoms with Crippen LogP contribution in [-0.2, 0) is 35.1 Å².